The van der Waals surface area contributed by atoms with Crippen LogP contribution in [0.25, 0.3) is 0 Å². The van der Waals surface area contributed by atoms with Crippen LogP contribution in [-0.4, -0.2) is 18.8 Å². The van der Waals surface area contributed by atoms with Crippen molar-refractivity contribution in [2.45, 2.75) is 12.8 Å². The fourth-order valence-corrected chi connectivity index (χ4v) is 1.28. The summed E-state index contributed by atoms with van der Waals surface area (Å²) < 4.78 is 5.44. The van der Waals surface area contributed by atoms with Gasteiger partial charge in [0.2, 0.25) is 0 Å². The smallest absolute Gasteiger partial charge is 0.153 e. The zero-order valence-electron chi connectivity index (χ0n) is 7.91. The highest BCUT2D eigenvalue weighted by molar-refractivity contribution is 6.17. The van der Waals surface area contributed by atoms with E-state index in [1.807, 2.05) is 12.1 Å². The van der Waals surface area contributed by atoms with Gasteiger partial charge in [-0.25, -0.2) is 0 Å². The van der Waals surface area contributed by atoms with E-state index < -0.39 is 0 Å². The molecule has 0 unspecified atom stereocenters. The number of hydrogen-bond donors (Lipinski definition) is 0. The summed E-state index contributed by atoms with van der Waals surface area (Å²) in [4.78, 5) is 10.6. The number of unbranched alkanes of at least 4 members (excludes halogenated alkanes) is 1. The first-order valence-electron chi connectivity index (χ1n) is 4.61. The highest BCUT2D eigenvalue weighted by atomic mass is 35.5. The van der Waals surface area contributed by atoms with Crippen LogP contribution in [0, 0.1) is 0 Å². The number of aldehydes is 1. The molecule has 0 bridgehead atoms. The average molecular weight is 213 g/mol. The van der Waals surface area contributed by atoms with Crippen LogP contribution in [0.5, 0.6) is 5.75 Å². The van der Waals surface area contributed by atoms with Gasteiger partial charge in [0, 0.05) is 5.88 Å². The summed E-state index contributed by atoms with van der Waals surface area (Å²) in [5.74, 6) is 1.30. The van der Waals surface area contributed by atoms with Gasteiger partial charge in [-0.2, -0.15) is 0 Å². The standard InChI is InChI=1S/C11H13ClO2/c12-7-3-4-8-14-11-6-2-1-5-10(11)9-13/h1-2,5-6,9H,3-4,7-8H2. The van der Waals surface area contributed by atoms with Crippen molar-refractivity contribution in [1.29, 1.82) is 0 Å². The summed E-state index contributed by atoms with van der Waals surface area (Å²) in [5, 5.41) is 0. The van der Waals surface area contributed by atoms with Crippen molar-refractivity contribution in [3.05, 3.63) is 29.8 Å². The van der Waals surface area contributed by atoms with Gasteiger partial charge in [-0.15, -0.1) is 11.6 Å². The molecule has 0 atom stereocenters. The van der Waals surface area contributed by atoms with Gasteiger partial charge in [0.15, 0.2) is 6.29 Å². The third kappa shape index (κ3) is 3.38. The maximum absolute atomic E-state index is 10.6. The monoisotopic (exact) mass is 212 g/mol. The first kappa shape index (κ1) is 11.1. The molecule has 0 spiro atoms. The third-order valence-electron chi connectivity index (χ3n) is 1.83. The van der Waals surface area contributed by atoms with Crippen molar-refractivity contribution >= 4 is 17.9 Å². The fraction of sp³-hybridized carbons (Fsp3) is 0.364. The molecule has 0 fully saturated rings. The van der Waals surface area contributed by atoms with Gasteiger partial charge in [-0.3, -0.25) is 4.79 Å². The maximum Gasteiger partial charge on any atom is 0.153 e. The van der Waals surface area contributed by atoms with Gasteiger partial charge in [0.1, 0.15) is 5.75 Å². The molecular formula is C11H13ClO2. The number of hydrogen-bond acceptors (Lipinski definition) is 2. The number of alkyl halides is 1. The van der Waals surface area contributed by atoms with Crippen LogP contribution in [0.2, 0.25) is 0 Å². The van der Waals surface area contributed by atoms with Crippen LogP contribution in [0.1, 0.15) is 23.2 Å². The van der Waals surface area contributed by atoms with Crippen LogP contribution in [0.4, 0.5) is 0 Å². The molecule has 3 heteroatoms. The molecule has 1 rings (SSSR count). The molecule has 0 radical (unpaired) electrons. The molecule has 0 N–H and O–H groups in total. The van der Waals surface area contributed by atoms with Crippen molar-refractivity contribution in [3.8, 4) is 5.75 Å². The highest BCUT2D eigenvalue weighted by Gasteiger charge is 2.00. The Kier molecular flexibility index (Phi) is 5.08. The van der Waals surface area contributed by atoms with E-state index in [-0.39, 0.29) is 0 Å². The molecule has 0 heterocycles. The topological polar surface area (TPSA) is 26.3 Å². The molecule has 14 heavy (non-hydrogen) atoms. The van der Waals surface area contributed by atoms with E-state index in [0.717, 1.165) is 19.1 Å². The lowest BCUT2D eigenvalue weighted by Crippen LogP contribution is -1.99. The van der Waals surface area contributed by atoms with Gasteiger partial charge < -0.3 is 4.74 Å². The van der Waals surface area contributed by atoms with Crippen molar-refractivity contribution in [2.24, 2.45) is 0 Å². The number of benzene rings is 1. The molecule has 0 aliphatic carbocycles. The van der Waals surface area contributed by atoms with E-state index in [0.29, 0.717) is 23.8 Å². The zero-order valence-corrected chi connectivity index (χ0v) is 8.67. The Morgan fingerprint density at radius 2 is 2.07 bits per heavy atom. The van der Waals surface area contributed by atoms with Gasteiger partial charge in [0.25, 0.3) is 0 Å². The van der Waals surface area contributed by atoms with E-state index in [9.17, 15) is 4.79 Å². The lowest BCUT2D eigenvalue weighted by molar-refractivity contribution is 0.111. The van der Waals surface area contributed by atoms with Crippen LogP contribution in [0.3, 0.4) is 0 Å². The highest BCUT2D eigenvalue weighted by Crippen LogP contribution is 2.15. The van der Waals surface area contributed by atoms with E-state index in [1.54, 1.807) is 12.1 Å². The maximum atomic E-state index is 10.6. The fourth-order valence-electron chi connectivity index (χ4n) is 1.09. The first-order chi connectivity index (χ1) is 6.88. The van der Waals surface area contributed by atoms with Gasteiger partial charge in [-0.1, -0.05) is 12.1 Å². The SMILES string of the molecule is O=Cc1ccccc1OCCCCCl. The average Bonchev–Trinajstić information content (AvgIpc) is 2.25. The molecule has 1 aromatic rings. The zero-order chi connectivity index (χ0) is 10.2. The molecular weight excluding hydrogens is 200 g/mol. The lowest BCUT2D eigenvalue weighted by atomic mass is 10.2. The Labute approximate surface area is 88.8 Å². The number of rotatable bonds is 6. The number of halogens is 1. The Hall–Kier alpha value is -1.02. The molecule has 2 nitrogen and oxygen atoms in total. The summed E-state index contributed by atoms with van der Waals surface area (Å²) in [7, 11) is 0. The molecule has 0 saturated heterocycles. The van der Waals surface area contributed by atoms with Crippen LogP contribution >= 0.6 is 11.6 Å². The molecule has 0 aromatic heterocycles. The van der Waals surface area contributed by atoms with E-state index >= 15 is 0 Å². The minimum atomic E-state index is 0.596. The summed E-state index contributed by atoms with van der Waals surface area (Å²) >= 11 is 5.53. The van der Waals surface area contributed by atoms with Crippen molar-refractivity contribution in [1.82, 2.24) is 0 Å². The summed E-state index contributed by atoms with van der Waals surface area (Å²) in [6.07, 6.45) is 2.65. The normalized spacial score (nSPS) is 9.79. The van der Waals surface area contributed by atoms with E-state index in [4.69, 9.17) is 16.3 Å². The molecule has 0 aliphatic rings. The van der Waals surface area contributed by atoms with Gasteiger partial charge in [-0.05, 0) is 25.0 Å². The Bertz CT molecular complexity index is 286. The van der Waals surface area contributed by atoms with Crippen LogP contribution < -0.4 is 4.74 Å². The summed E-state index contributed by atoms with van der Waals surface area (Å²) in [6, 6.07) is 7.20. The van der Waals surface area contributed by atoms with E-state index in [1.165, 1.54) is 0 Å². The van der Waals surface area contributed by atoms with Gasteiger partial charge >= 0.3 is 0 Å². The Morgan fingerprint density at radius 1 is 1.29 bits per heavy atom. The largest absolute Gasteiger partial charge is 0.493 e. The second kappa shape index (κ2) is 6.44. The molecule has 0 aliphatic heterocycles. The molecule has 1 aromatic carbocycles. The Balaban J connectivity index is 2.45. The second-order valence-corrected chi connectivity index (χ2v) is 3.28. The summed E-state index contributed by atoms with van der Waals surface area (Å²) in [5.41, 5.74) is 0.596. The first-order valence-corrected chi connectivity index (χ1v) is 5.15. The number of ether oxygens (including phenoxy) is 1. The number of para-hydroxylation sites is 1. The van der Waals surface area contributed by atoms with Crippen LogP contribution in [-0.2, 0) is 0 Å². The van der Waals surface area contributed by atoms with E-state index in [2.05, 4.69) is 0 Å². The second-order valence-electron chi connectivity index (χ2n) is 2.90. The molecule has 0 amide bonds. The Morgan fingerprint density at radius 3 is 2.79 bits per heavy atom. The van der Waals surface area contributed by atoms with Crippen molar-refractivity contribution in [2.75, 3.05) is 12.5 Å². The predicted octanol–water partition coefficient (Wildman–Crippen LogP) is 2.90. The molecule has 0 saturated carbocycles. The predicted molar refractivity (Wildman–Crippen MR) is 57.3 cm³/mol. The minimum Gasteiger partial charge on any atom is -0.493 e. The lowest BCUT2D eigenvalue weighted by Gasteiger charge is -2.06. The third-order valence-corrected chi connectivity index (χ3v) is 2.10. The number of carbonyl (C=O) groups is 1. The number of carbonyl (C=O) groups excluding carboxylic acids is 1. The quantitative estimate of drug-likeness (QED) is 0.412. The minimum absolute atomic E-state index is 0.596. The van der Waals surface area contributed by atoms with Gasteiger partial charge in [0.05, 0.1) is 12.2 Å². The molecule has 76 valence electrons. The summed E-state index contributed by atoms with van der Waals surface area (Å²) in [6.45, 7) is 0.609. The van der Waals surface area contributed by atoms with Crippen molar-refractivity contribution in [3.63, 3.8) is 0 Å². The van der Waals surface area contributed by atoms with Crippen LogP contribution in [0.15, 0.2) is 24.3 Å². The van der Waals surface area contributed by atoms with Crippen molar-refractivity contribution < 1.29 is 9.53 Å².